The molecule has 1 aliphatic heterocycles. The standard InChI is InChI=1S/C8H7N3S/c12-8-5-7(10-11-8)6-3-1-2-4-9-6/h1-4H,5H2,(H,11,12). The number of nitrogens with one attached hydrogen (secondary N) is 1. The Balaban J connectivity index is 2.28. The largest absolute Gasteiger partial charge is 0.271 e. The van der Waals surface area contributed by atoms with Gasteiger partial charge in [-0.05, 0) is 12.1 Å². The zero-order valence-electron chi connectivity index (χ0n) is 6.32. The molecule has 1 aromatic rings. The zero-order chi connectivity index (χ0) is 8.39. The Morgan fingerprint density at radius 2 is 2.33 bits per heavy atom. The van der Waals surface area contributed by atoms with Crippen LogP contribution in [0.1, 0.15) is 12.1 Å². The molecule has 1 aliphatic rings. The molecule has 4 heteroatoms. The molecule has 0 atom stereocenters. The van der Waals surface area contributed by atoms with Crippen molar-refractivity contribution >= 4 is 22.9 Å². The van der Waals surface area contributed by atoms with Crippen LogP contribution < -0.4 is 5.43 Å². The minimum Gasteiger partial charge on any atom is -0.271 e. The van der Waals surface area contributed by atoms with Crippen LogP contribution in [0.25, 0.3) is 0 Å². The van der Waals surface area contributed by atoms with E-state index in [1.807, 2.05) is 18.2 Å². The Morgan fingerprint density at radius 1 is 1.42 bits per heavy atom. The number of hydrogen-bond donors (Lipinski definition) is 1. The number of nitrogens with zero attached hydrogens (tertiary/aromatic N) is 2. The van der Waals surface area contributed by atoms with Gasteiger partial charge in [0.1, 0.15) is 4.99 Å². The highest BCUT2D eigenvalue weighted by atomic mass is 32.1. The van der Waals surface area contributed by atoms with E-state index in [4.69, 9.17) is 12.2 Å². The summed E-state index contributed by atoms with van der Waals surface area (Å²) in [6.45, 7) is 0. The third-order valence-corrected chi connectivity index (χ3v) is 1.84. The highest BCUT2D eigenvalue weighted by Crippen LogP contribution is 2.05. The van der Waals surface area contributed by atoms with Crippen molar-refractivity contribution in [1.29, 1.82) is 0 Å². The summed E-state index contributed by atoms with van der Waals surface area (Å²) in [4.78, 5) is 4.92. The first-order chi connectivity index (χ1) is 5.86. The molecule has 0 spiro atoms. The summed E-state index contributed by atoms with van der Waals surface area (Å²) in [5.41, 5.74) is 4.56. The van der Waals surface area contributed by atoms with Gasteiger partial charge in [0.15, 0.2) is 0 Å². The number of rotatable bonds is 1. The second kappa shape index (κ2) is 2.98. The van der Waals surface area contributed by atoms with Gasteiger partial charge in [0, 0.05) is 12.6 Å². The molecule has 60 valence electrons. The van der Waals surface area contributed by atoms with Gasteiger partial charge in [-0.3, -0.25) is 10.4 Å². The second-order valence-electron chi connectivity index (χ2n) is 2.49. The Morgan fingerprint density at radius 3 is 2.92 bits per heavy atom. The summed E-state index contributed by atoms with van der Waals surface area (Å²) in [5.74, 6) is 0. The first-order valence-electron chi connectivity index (χ1n) is 3.63. The Hall–Kier alpha value is -1.29. The lowest BCUT2D eigenvalue weighted by Crippen LogP contribution is -2.06. The van der Waals surface area contributed by atoms with Crippen LogP contribution in [0, 0.1) is 0 Å². The molecule has 12 heavy (non-hydrogen) atoms. The number of aromatic nitrogens is 1. The normalized spacial score (nSPS) is 15.7. The number of pyridine rings is 1. The predicted molar refractivity (Wildman–Crippen MR) is 51.1 cm³/mol. The van der Waals surface area contributed by atoms with E-state index in [2.05, 4.69) is 15.5 Å². The van der Waals surface area contributed by atoms with Crippen molar-refractivity contribution in [3.63, 3.8) is 0 Å². The molecule has 3 nitrogen and oxygen atoms in total. The van der Waals surface area contributed by atoms with E-state index in [1.54, 1.807) is 6.20 Å². The van der Waals surface area contributed by atoms with Crippen LogP contribution in [-0.2, 0) is 0 Å². The molecule has 0 bridgehead atoms. The molecular formula is C8H7N3S. The van der Waals surface area contributed by atoms with Crippen molar-refractivity contribution in [3.8, 4) is 0 Å². The average molecular weight is 177 g/mol. The lowest BCUT2D eigenvalue weighted by atomic mass is 10.2. The Kier molecular flexibility index (Phi) is 1.83. The van der Waals surface area contributed by atoms with E-state index in [-0.39, 0.29) is 0 Å². The number of hydrazone groups is 1. The van der Waals surface area contributed by atoms with Crippen molar-refractivity contribution in [2.24, 2.45) is 5.10 Å². The van der Waals surface area contributed by atoms with E-state index in [0.29, 0.717) is 6.42 Å². The number of hydrogen-bond acceptors (Lipinski definition) is 3. The van der Waals surface area contributed by atoms with Crippen LogP contribution in [0.4, 0.5) is 0 Å². The molecule has 1 aromatic heterocycles. The molecule has 0 amide bonds. The smallest absolute Gasteiger partial charge is 0.102 e. The van der Waals surface area contributed by atoms with Gasteiger partial charge in [-0.1, -0.05) is 18.3 Å². The maximum Gasteiger partial charge on any atom is 0.102 e. The molecule has 0 aliphatic carbocycles. The topological polar surface area (TPSA) is 37.3 Å². The molecule has 0 saturated carbocycles. The molecular weight excluding hydrogens is 170 g/mol. The first kappa shape index (κ1) is 7.36. The third-order valence-electron chi connectivity index (χ3n) is 1.60. The SMILES string of the molecule is S=C1CC(c2ccccn2)=NN1. The van der Waals surface area contributed by atoms with Crippen molar-refractivity contribution < 1.29 is 0 Å². The molecule has 0 saturated heterocycles. The second-order valence-corrected chi connectivity index (χ2v) is 2.98. The molecule has 0 unspecified atom stereocenters. The van der Waals surface area contributed by atoms with Crippen molar-refractivity contribution in [3.05, 3.63) is 30.1 Å². The third kappa shape index (κ3) is 1.33. The lowest BCUT2D eigenvalue weighted by Gasteiger charge is -1.94. The van der Waals surface area contributed by atoms with Gasteiger partial charge in [-0.15, -0.1) is 0 Å². The highest BCUT2D eigenvalue weighted by Gasteiger charge is 2.13. The van der Waals surface area contributed by atoms with E-state index < -0.39 is 0 Å². The molecule has 2 rings (SSSR count). The first-order valence-corrected chi connectivity index (χ1v) is 4.04. The zero-order valence-corrected chi connectivity index (χ0v) is 7.14. The van der Waals surface area contributed by atoms with E-state index >= 15 is 0 Å². The fourth-order valence-electron chi connectivity index (χ4n) is 1.04. The fourth-order valence-corrected chi connectivity index (χ4v) is 1.22. The summed E-state index contributed by atoms with van der Waals surface area (Å²) in [6.07, 6.45) is 2.45. The predicted octanol–water partition coefficient (Wildman–Crippen LogP) is 1.11. The van der Waals surface area contributed by atoms with Crippen molar-refractivity contribution in [2.45, 2.75) is 6.42 Å². The molecule has 1 N–H and O–H groups in total. The monoisotopic (exact) mass is 177 g/mol. The Bertz CT molecular complexity index is 331. The fraction of sp³-hybridized carbons (Fsp3) is 0.125. The molecule has 0 fully saturated rings. The van der Waals surface area contributed by atoms with Gasteiger partial charge in [0.2, 0.25) is 0 Å². The van der Waals surface area contributed by atoms with Crippen LogP contribution in [0.15, 0.2) is 29.5 Å². The van der Waals surface area contributed by atoms with Crippen molar-refractivity contribution in [1.82, 2.24) is 10.4 Å². The van der Waals surface area contributed by atoms with Crippen LogP contribution in [0.2, 0.25) is 0 Å². The van der Waals surface area contributed by atoms with E-state index in [9.17, 15) is 0 Å². The average Bonchev–Trinajstić information content (AvgIpc) is 2.54. The Labute approximate surface area is 75.5 Å². The van der Waals surface area contributed by atoms with Crippen LogP contribution in [0.3, 0.4) is 0 Å². The molecule has 0 aromatic carbocycles. The molecule has 2 heterocycles. The van der Waals surface area contributed by atoms with Gasteiger partial charge in [-0.2, -0.15) is 5.10 Å². The lowest BCUT2D eigenvalue weighted by molar-refractivity contribution is 1.07. The van der Waals surface area contributed by atoms with Crippen molar-refractivity contribution in [2.75, 3.05) is 0 Å². The quantitative estimate of drug-likeness (QED) is 0.653. The maximum atomic E-state index is 4.94. The van der Waals surface area contributed by atoms with Crippen LogP contribution >= 0.6 is 12.2 Å². The van der Waals surface area contributed by atoms with Gasteiger partial charge < -0.3 is 0 Å². The van der Waals surface area contributed by atoms with Gasteiger partial charge in [0.25, 0.3) is 0 Å². The molecule has 0 radical (unpaired) electrons. The van der Waals surface area contributed by atoms with Gasteiger partial charge in [-0.25, -0.2) is 0 Å². The van der Waals surface area contributed by atoms with Gasteiger partial charge in [0.05, 0.1) is 11.4 Å². The van der Waals surface area contributed by atoms with Crippen LogP contribution in [-0.4, -0.2) is 15.7 Å². The summed E-state index contributed by atoms with van der Waals surface area (Å²) in [7, 11) is 0. The summed E-state index contributed by atoms with van der Waals surface area (Å²) in [5, 5.41) is 4.05. The minimum atomic E-state index is 0.701. The minimum absolute atomic E-state index is 0.701. The van der Waals surface area contributed by atoms with Gasteiger partial charge >= 0.3 is 0 Å². The maximum absolute atomic E-state index is 4.94. The highest BCUT2D eigenvalue weighted by molar-refractivity contribution is 7.80. The summed E-state index contributed by atoms with van der Waals surface area (Å²) < 4.78 is 0. The summed E-state index contributed by atoms with van der Waals surface area (Å²) >= 11 is 4.94. The van der Waals surface area contributed by atoms with E-state index in [1.165, 1.54) is 0 Å². The van der Waals surface area contributed by atoms with Crippen LogP contribution in [0.5, 0.6) is 0 Å². The summed E-state index contributed by atoms with van der Waals surface area (Å²) in [6, 6.07) is 5.74. The number of thiocarbonyl (C=S) groups is 1. The van der Waals surface area contributed by atoms with E-state index in [0.717, 1.165) is 16.4 Å².